The van der Waals surface area contributed by atoms with Gasteiger partial charge in [-0.2, -0.15) is 4.39 Å². The molecule has 0 unspecified atom stereocenters. The molecule has 3 aromatic rings. The van der Waals surface area contributed by atoms with Crippen molar-refractivity contribution in [3.05, 3.63) is 58.0 Å². The zero-order valence-corrected chi connectivity index (χ0v) is 19.5. The predicted molar refractivity (Wildman–Crippen MR) is 131 cm³/mol. The fourth-order valence-electron chi connectivity index (χ4n) is 5.10. The van der Waals surface area contributed by atoms with Gasteiger partial charge in [0.25, 0.3) is 0 Å². The number of benzene rings is 1. The summed E-state index contributed by atoms with van der Waals surface area (Å²) in [6, 6.07) is 5.34. The highest BCUT2D eigenvalue weighted by Crippen LogP contribution is 2.32. The van der Waals surface area contributed by atoms with E-state index in [2.05, 4.69) is 26.6 Å². The second kappa shape index (κ2) is 9.11. The fraction of sp³-hybridized carbons (Fsp3) is 0.462. The van der Waals surface area contributed by atoms with Gasteiger partial charge < -0.3 is 24.8 Å². The van der Waals surface area contributed by atoms with Gasteiger partial charge in [-0.3, -0.25) is 4.79 Å². The van der Waals surface area contributed by atoms with E-state index < -0.39 is 11.6 Å². The van der Waals surface area contributed by atoms with Gasteiger partial charge in [0.15, 0.2) is 17.0 Å². The molecule has 1 atom stereocenters. The van der Waals surface area contributed by atoms with Crippen LogP contribution in [0.5, 0.6) is 5.75 Å². The first-order valence-electron chi connectivity index (χ1n) is 12.4. The summed E-state index contributed by atoms with van der Waals surface area (Å²) in [6.45, 7) is 3.86. The van der Waals surface area contributed by atoms with Gasteiger partial charge in [0.05, 0.1) is 29.3 Å². The molecular formula is C26H29F2N5O2. The van der Waals surface area contributed by atoms with Crippen molar-refractivity contribution in [2.45, 2.75) is 44.8 Å². The highest BCUT2D eigenvalue weighted by molar-refractivity contribution is 5.86. The number of nitrogens with one attached hydrogen (secondary N) is 2. The lowest BCUT2D eigenvalue weighted by Gasteiger charge is -2.35. The maximum atomic E-state index is 14.2. The van der Waals surface area contributed by atoms with E-state index in [-0.39, 0.29) is 29.2 Å². The number of hydrogen-bond acceptors (Lipinski definition) is 6. The number of piperidine rings is 1. The summed E-state index contributed by atoms with van der Waals surface area (Å²) in [5.74, 6) is -0.560. The minimum atomic E-state index is -1.06. The second-order valence-corrected chi connectivity index (χ2v) is 9.81. The largest absolute Gasteiger partial charge is 0.486 e. The Morgan fingerprint density at radius 2 is 2.06 bits per heavy atom. The molecule has 0 spiro atoms. The average molecular weight is 482 g/mol. The first-order valence-corrected chi connectivity index (χ1v) is 12.4. The topological polar surface area (TPSA) is 71.4 Å². The molecule has 35 heavy (non-hydrogen) atoms. The maximum Gasteiger partial charge on any atom is 0.202 e. The molecule has 7 nitrogen and oxygen atoms in total. The maximum absolute atomic E-state index is 14.2. The Morgan fingerprint density at radius 1 is 1.17 bits per heavy atom. The molecule has 6 rings (SSSR count). The quantitative estimate of drug-likeness (QED) is 0.537. The highest BCUT2D eigenvalue weighted by Gasteiger charge is 2.25. The van der Waals surface area contributed by atoms with E-state index in [1.54, 1.807) is 10.8 Å². The minimum absolute atomic E-state index is 0.157. The summed E-state index contributed by atoms with van der Waals surface area (Å²) in [6.07, 6.45) is 8.33. The van der Waals surface area contributed by atoms with E-state index in [1.165, 1.54) is 12.8 Å². The fourth-order valence-corrected chi connectivity index (χ4v) is 5.10. The van der Waals surface area contributed by atoms with Gasteiger partial charge in [-0.25, -0.2) is 9.37 Å². The summed E-state index contributed by atoms with van der Waals surface area (Å²) >= 11 is 0. The smallest absolute Gasteiger partial charge is 0.202 e. The summed E-state index contributed by atoms with van der Waals surface area (Å²) in [7, 11) is 0. The molecular weight excluding hydrogens is 452 g/mol. The summed E-state index contributed by atoms with van der Waals surface area (Å²) in [5, 5.41) is 7.07. The van der Waals surface area contributed by atoms with Crippen molar-refractivity contribution in [3.8, 4) is 5.75 Å². The van der Waals surface area contributed by atoms with Crippen LogP contribution >= 0.6 is 0 Å². The Morgan fingerprint density at radius 3 is 2.86 bits per heavy atom. The van der Waals surface area contributed by atoms with Gasteiger partial charge in [0.1, 0.15) is 12.4 Å². The highest BCUT2D eigenvalue weighted by atomic mass is 19.2. The molecule has 2 fully saturated rings. The summed E-state index contributed by atoms with van der Waals surface area (Å²) in [4.78, 5) is 20.0. The van der Waals surface area contributed by atoms with E-state index in [0.29, 0.717) is 24.2 Å². The third kappa shape index (κ3) is 4.45. The van der Waals surface area contributed by atoms with Crippen molar-refractivity contribution in [1.29, 1.82) is 0 Å². The molecule has 2 N–H and O–H groups in total. The van der Waals surface area contributed by atoms with Gasteiger partial charge in [-0.15, -0.1) is 0 Å². The van der Waals surface area contributed by atoms with Crippen LogP contribution in [0.15, 0.2) is 35.4 Å². The van der Waals surface area contributed by atoms with Crippen LogP contribution < -0.4 is 25.7 Å². The third-order valence-electron chi connectivity index (χ3n) is 7.25. The summed E-state index contributed by atoms with van der Waals surface area (Å²) in [5.41, 5.74) is 1.67. The van der Waals surface area contributed by atoms with E-state index in [1.807, 2.05) is 12.3 Å². The third-order valence-corrected chi connectivity index (χ3v) is 7.25. The first kappa shape index (κ1) is 22.3. The predicted octanol–water partition coefficient (Wildman–Crippen LogP) is 3.65. The van der Waals surface area contributed by atoms with E-state index >= 15 is 0 Å². The lowest BCUT2D eigenvalue weighted by Crippen LogP contribution is -2.46. The zero-order chi connectivity index (χ0) is 23.9. The van der Waals surface area contributed by atoms with Crippen LogP contribution in [0.1, 0.15) is 31.2 Å². The number of anilines is 2. The Bertz CT molecular complexity index is 1310. The van der Waals surface area contributed by atoms with Gasteiger partial charge in [0, 0.05) is 44.0 Å². The SMILES string of the molecule is O=c1c(CN[C@H]2CCCN(c3ccc(NCC4CC4)nc3)C2)cn2c3c(c(F)c(F)cc13)OCC2. The van der Waals surface area contributed by atoms with Crippen molar-refractivity contribution < 1.29 is 13.5 Å². The Labute approximate surface area is 202 Å². The van der Waals surface area contributed by atoms with E-state index in [9.17, 15) is 13.6 Å². The Kier molecular flexibility index (Phi) is 5.80. The Balaban J connectivity index is 1.15. The molecule has 1 saturated heterocycles. The zero-order valence-electron chi connectivity index (χ0n) is 19.5. The number of hydrogen-bond donors (Lipinski definition) is 2. The summed E-state index contributed by atoms with van der Waals surface area (Å²) < 4.78 is 35.5. The van der Waals surface area contributed by atoms with Crippen LogP contribution in [-0.4, -0.2) is 41.8 Å². The van der Waals surface area contributed by atoms with Crippen molar-refractivity contribution in [3.63, 3.8) is 0 Å². The van der Waals surface area contributed by atoms with Crippen LogP contribution in [0.4, 0.5) is 20.3 Å². The molecule has 1 saturated carbocycles. The number of nitrogens with zero attached hydrogens (tertiary/aromatic N) is 3. The number of aromatic nitrogens is 2. The number of halogens is 2. The molecule has 2 aromatic heterocycles. The average Bonchev–Trinajstić information content (AvgIpc) is 3.72. The normalized spacial score (nSPS) is 19.6. The number of pyridine rings is 2. The lowest BCUT2D eigenvalue weighted by atomic mass is 10.0. The molecule has 184 valence electrons. The Hall–Kier alpha value is -3.20. The van der Waals surface area contributed by atoms with Crippen LogP contribution in [0.3, 0.4) is 0 Å². The minimum Gasteiger partial charge on any atom is -0.486 e. The van der Waals surface area contributed by atoms with Crippen molar-refractivity contribution >= 4 is 22.4 Å². The lowest BCUT2D eigenvalue weighted by molar-refractivity contribution is 0.267. The second-order valence-electron chi connectivity index (χ2n) is 9.81. The monoisotopic (exact) mass is 481 g/mol. The molecule has 0 radical (unpaired) electrons. The molecule has 2 aliphatic heterocycles. The molecule has 0 amide bonds. The molecule has 9 heteroatoms. The van der Waals surface area contributed by atoms with Crippen LogP contribution in [-0.2, 0) is 13.1 Å². The number of ether oxygens (including phenoxy) is 1. The first-order chi connectivity index (χ1) is 17.1. The molecule has 1 aliphatic carbocycles. The molecule has 1 aromatic carbocycles. The van der Waals surface area contributed by atoms with Crippen LogP contribution in [0.25, 0.3) is 10.9 Å². The van der Waals surface area contributed by atoms with Crippen molar-refractivity contribution in [2.75, 3.05) is 36.5 Å². The molecule has 4 heterocycles. The van der Waals surface area contributed by atoms with Gasteiger partial charge in [0.2, 0.25) is 5.82 Å². The van der Waals surface area contributed by atoms with Crippen LogP contribution in [0, 0.1) is 17.6 Å². The van der Waals surface area contributed by atoms with Crippen LogP contribution in [0.2, 0.25) is 0 Å². The van der Waals surface area contributed by atoms with Gasteiger partial charge in [-0.05, 0) is 49.8 Å². The van der Waals surface area contributed by atoms with Crippen molar-refractivity contribution in [2.24, 2.45) is 5.92 Å². The molecule has 3 aliphatic rings. The van der Waals surface area contributed by atoms with Gasteiger partial charge in [-0.1, -0.05) is 0 Å². The standard InChI is InChI=1S/C26H29F2N5O2/c27-21-10-20-24-26(23(21)28)35-9-8-33(24)14-17(25(20)34)12-29-18-2-1-7-32(15-18)19-5-6-22(31-13-19)30-11-16-3-4-16/h5-6,10,13-14,16,18,29H,1-4,7-9,11-12,15H2,(H,30,31)/t18-/m0/s1. The van der Waals surface area contributed by atoms with E-state index in [0.717, 1.165) is 56.0 Å². The van der Waals surface area contributed by atoms with Crippen molar-refractivity contribution in [1.82, 2.24) is 14.9 Å². The van der Waals surface area contributed by atoms with E-state index in [4.69, 9.17) is 4.74 Å². The number of rotatable bonds is 7. The molecule has 0 bridgehead atoms. The van der Waals surface area contributed by atoms with Gasteiger partial charge >= 0.3 is 0 Å².